The molecule has 1 nitrogen and oxygen atoms in total. The van der Waals surface area contributed by atoms with Crippen LogP contribution in [0.2, 0.25) is 0 Å². The molecule has 0 aromatic carbocycles. The van der Waals surface area contributed by atoms with Gasteiger partial charge in [-0.05, 0) is 56.9 Å². The smallest absolute Gasteiger partial charge is 0.0254 e. The molecule has 116 valence electrons. The van der Waals surface area contributed by atoms with Gasteiger partial charge >= 0.3 is 0 Å². The highest BCUT2D eigenvalue weighted by atomic mass is 15.3. The van der Waals surface area contributed by atoms with E-state index in [9.17, 15) is 0 Å². The lowest BCUT2D eigenvalue weighted by Gasteiger charge is -2.19. The number of hydrogen-bond acceptors (Lipinski definition) is 1. The lowest BCUT2D eigenvalue weighted by Crippen LogP contribution is -2.12. The first-order valence-corrected chi connectivity index (χ1v) is 9.06. The summed E-state index contributed by atoms with van der Waals surface area (Å²) in [6.07, 6.45) is 10.8. The Morgan fingerprint density at radius 2 is 2.05 bits per heavy atom. The molecule has 2 fully saturated rings. The SMILES string of the molecule is CCCC=C1CC1C(CC)CC(C)CC1C(C)N1CC. The van der Waals surface area contributed by atoms with Gasteiger partial charge < -0.3 is 0 Å². The maximum atomic E-state index is 2.64. The van der Waals surface area contributed by atoms with Gasteiger partial charge in [0.25, 0.3) is 0 Å². The van der Waals surface area contributed by atoms with Gasteiger partial charge in [-0.15, -0.1) is 0 Å². The van der Waals surface area contributed by atoms with Gasteiger partial charge in [0.15, 0.2) is 0 Å². The van der Waals surface area contributed by atoms with Gasteiger partial charge in [0.2, 0.25) is 0 Å². The standard InChI is InChI=1S/C19H35N/c1-6-9-10-17-13-18(17)16(7-2)11-14(4)12-19-15(5)20(19)8-3/h10,14-16,18-19H,6-9,11-13H2,1-5H3. The summed E-state index contributed by atoms with van der Waals surface area (Å²) in [5, 5.41) is 0. The van der Waals surface area contributed by atoms with Crippen LogP contribution in [0.5, 0.6) is 0 Å². The van der Waals surface area contributed by atoms with Gasteiger partial charge in [0.1, 0.15) is 0 Å². The number of allylic oxidation sites excluding steroid dienone is 2. The van der Waals surface area contributed by atoms with E-state index in [1.807, 2.05) is 0 Å². The zero-order valence-corrected chi connectivity index (χ0v) is 14.4. The number of likely N-dealkylation sites (N-methyl/N-ethyl adjacent to an activating group) is 1. The summed E-state index contributed by atoms with van der Waals surface area (Å²) in [6, 6.07) is 1.74. The molecule has 1 heteroatoms. The maximum absolute atomic E-state index is 2.64. The summed E-state index contributed by atoms with van der Waals surface area (Å²) in [4.78, 5) is 2.64. The average molecular weight is 277 g/mol. The fourth-order valence-electron chi connectivity index (χ4n) is 4.20. The second-order valence-corrected chi connectivity index (χ2v) is 7.26. The molecule has 0 N–H and O–H groups in total. The third kappa shape index (κ3) is 3.87. The van der Waals surface area contributed by atoms with E-state index >= 15 is 0 Å². The zero-order valence-electron chi connectivity index (χ0n) is 14.4. The quantitative estimate of drug-likeness (QED) is 0.410. The minimum atomic E-state index is 0.850. The second-order valence-electron chi connectivity index (χ2n) is 7.26. The van der Waals surface area contributed by atoms with Crippen LogP contribution in [-0.4, -0.2) is 23.5 Å². The fraction of sp³-hybridized carbons (Fsp3) is 0.895. The average Bonchev–Trinajstić information content (AvgIpc) is 3.32. The Bertz CT molecular complexity index is 333. The molecule has 0 radical (unpaired) electrons. The van der Waals surface area contributed by atoms with Crippen LogP contribution in [0, 0.1) is 17.8 Å². The van der Waals surface area contributed by atoms with Crippen LogP contribution in [0.3, 0.4) is 0 Å². The molecule has 1 heterocycles. The molecule has 0 spiro atoms. The number of rotatable bonds is 9. The molecule has 0 aromatic rings. The molecule has 2 aliphatic rings. The Labute approximate surface area is 126 Å². The highest BCUT2D eigenvalue weighted by Gasteiger charge is 2.43. The van der Waals surface area contributed by atoms with Crippen LogP contribution in [0.25, 0.3) is 0 Å². The molecule has 0 aromatic heterocycles. The lowest BCUT2D eigenvalue weighted by molar-refractivity contribution is 0.326. The first kappa shape index (κ1) is 16.1. The van der Waals surface area contributed by atoms with E-state index < -0.39 is 0 Å². The molecule has 1 aliphatic heterocycles. The zero-order chi connectivity index (χ0) is 14.7. The summed E-state index contributed by atoms with van der Waals surface area (Å²) in [5.74, 6) is 2.81. The molecule has 20 heavy (non-hydrogen) atoms. The van der Waals surface area contributed by atoms with Gasteiger partial charge in [0.05, 0.1) is 0 Å². The van der Waals surface area contributed by atoms with Crippen molar-refractivity contribution in [2.45, 2.75) is 85.2 Å². The first-order valence-electron chi connectivity index (χ1n) is 9.06. The Morgan fingerprint density at radius 1 is 1.30 bits per heavy atom. The predicted molar refractivity (Wildman–Crippen MR) is 88.9 cm³/mol. The van der Waals surface area contributed by atoms with E-state index in [1.54, 1.807) is 5.57 Å². The summed E-state index contributed by atoms with van der Waals surface area (Å²) in [6.45, 7) is 13.1. The summed E-state index contributed by atoms with van der Waals surface area (Å²) >= 11 is 0. The highest BCUT2D eigenvalue weighted by Crippen LogP contribution is 2.48. The number of nitrogens with zero attached hydrogens (tertiary/aromatic N) is 1. The topological polar surface area (TPSA) is 3.01 Å². The van der Waals surface area contributed by atoms with Crippen molar-refractivity contribution in [2.24, 2.45) is 17.8 Å². The Morgan fingerprint density at radius 3 is 2.60 bits per heavy atom. The Kier molecular flexibility index (Phi) is 5.72. The first-order chi connectivity index (χ1) is 9.62. The summed E-state index contributed by atoms with van der Waals surface area (Å²) in [5.41, 5.74) is 1.78. The normalized spacial score (nSPS) is 37.0. The Hall–Kier alpha value is -0.300. The van der Waals surface area contributed by atoms with E-state index in [2.05, 4.69) is 45.6 Å². The van der Waals surface area contributed by atoms with E-state index in [4.69, 9.17) is 0 Å². The molecular weight excluding hydrogens is 242 g/mol. The lowest BCUT2D eigenvalue weighted by atomic mass is 9.87. The van der Waals surface area contributed by atoms with Gasteiger partial charge in [-0.25, -0.2) is 0 Å². The molecule has 0 amide bonds. The molecule has 1 saturated carbocycles. The van der Waals surface area contributed by atoms with Gasteiger partial charge in [-0.2, -0.15) is 0 Å². The fourth-order valence-corrected chi connectivity index (χ4v) is 4.20. The van der Waals surface area contributed by atoms with Crippen molar-refractivity contribution in [2.75, 3.05) is 6.54 Å². The maximum Gasteiger partial charge on any atom is 0.0254 e. The third-order valence-electron chi connectivity index (χ3n) is 5.69. The van der Waals surface area contributed by atoms with Crippen molar-refractivity contribution in [1.82, 2.24) is 4.90 Å². The molecule has 2 rings (SSSR count). The monoisotopic (exact) mass is 277 g/mol. The van der Waals surface area contributed by atoms with Crippen LogP contribution in [0.4, 0.5) is 0 Å². The van der Waals surface area contributed by atoms with Crippen molar-refractivity contribution >= 4 is 0 Å². The van der Waals surface area contributed by atoms with E-state index in [0.717, 1.165) is 29.8 Å². The highest BCUT2D eigenvalue weighted by molar-refractivity contribution is 5.24. The van der Waals surface area contributed by atoms with Crippen LogP contribution >= 0.6 is 0 Å². The van der Waals surface area contributed by atoms with Gasteiger partial charge in [0, 0.05) is 12.1 Å². The number of unbranched alkanes of at least 4 members (excludes halogenated alkanes) is 1. The van der Waals surface area contributed by atoms with E-state index in [0.29, 0.717) is 0 Å². The summed E-state index contributed by atoms with van der Waals surface area (Å²) in [7, 11) is 0. The minimum absolute atomic E-state index is 0.850. The largest absolute Gasteiger partial charge is 0.295 e. The predicted octanol–water partition coefficient (Wildman–Crippen LogP) is 5.27. The van der Waals surface area contributed by atoms with Crippen molar-refractivity contribution < 1.29 is 0 Å². The van der Waals surface area contributed by atoms with Gasteiger partial charge in [-0.3, -0.25) is 4.90 Å². The van der Waals surface area contributed by atoms with Crippen molar-refractivity contribution in [3.63, 3.8) is 0 Å². The van der Waals surface area contributed by atoms with E-state index in [1.165, 1.54) is 45.1 Å². The van der Waals surface area contributed by atoms with Crippen molar-refractivity contribution in [3.8, 4) is 0 Å². The van der Waals surface area contributed by atoms with Crippen LogP contribution < -0.4 is 0 Å². The van der Waals surface area contributed by atoms with Gasteiger partial charge in [-0.1, -0.05) is 52.2 Å². The molecular formula is C19H35N. The van der Waals surface area contributed by atoms with Crippen LogP contribution in [0.1, 0.15) is 73.1 Å². The number of hydrogen-bond donors (Lipinski definition) is 0. The molecule has 1 saturated heterocycles. The molecule has 6 unspecified atom stereocenters. The third-order valence-corrected chi connectivity index (χ3v) is 5.69. The van der Waals surface area contributed by atoms with Crippen LogP contribution in [0.15, 0.2) is 11.6 Å². The second kappa shape index (κ2) is 7.11. The minimum Gasteiger partial charge on any atom is -0.295 e. The molecule has 1 aliphatic carbocycles. The summed E-state index contributed by atoms with van der Waals surface area (Å²) < 4.78 is 0. The van der Waals surface area contributed by atoms with Crippen molar-refractivity contribution in [1.29, 1.82) is 0 Å². The van der Waals surface area contributed by atoms with E-state index in [-0.39, 0.29) is 0 Å². The molecule has 0 bridgehead atoms. The van der Waals surface area contributed by atoms with Crippen molar-refractivity contribution in [3.05, 3.63) is 11.6 Å². The van der Waals surface area contributed by atoms with Crippen LogP contribution in [-0.2, 0) is 0 Å². The Balaban J connectivity index is 1.74. The molecule has 6 atom stereocenters.